The van der Waals surface area contributed by atoms with Gasteiger partial charge in [-0.15, -0.1) is 0 Å². The van der Waals surface area contributed by atoms with E-state index in [4.69, 9.17) is 0 Å². The maximum absolute atomic E-state index is 4.62. The lowest BCUT2D eigenvalue weighted by atomic mass is 9.89. The van der Waals surface area contributed by atoms with Gasteiger partial charge < -0.3 is 3.75 Å². The van der Waals surface area contributed by atoms with Crippen LogP contribution in [0, 0.1) is 0 Å². The standard InChI is InChI=1S/C6H5BBrO/c8-9-7-6-4-2-1-3-5-6/h1-5H. The van der Waals surface area contributed by atoms with E-state index in [0.29, 0.717) is 0 Å². The van der Waals surface area contributed by atoms with Gasteiger partial charge in [0.05, 0.1) is 16.3 Å². The summed E-state index contributed by atoms with van der Waals surface area (Å²) in [5.41, 5.74) is 1.05. The Hall–Kier alpha value is -0.275. The molecular formula is C6H5BBrO. The fourth-order valence-electron chi connectivity index (χ4n) is 0.583. The summed E-state index contributed by atoms with van der Waals surface area (Å²) in [5, 5.41) is 0. The summed E-state index contributed by atoms with van der Waals surface area (Å²) in [6.07, 6.45) is 0. The van der Waals surface area contributed by atoms with Crippen LogP contribution >= 0.6 is 16.3 Å². The first-order chi connectivity index (χ1) is 4.43. The summed E-state index contributed by atoms with van der Waals surface area (Å²) in [6, 6.07) is 9.80. The topological polar surface area (TPSA) is 9.23 Å². The molecule has 9 heavy (non-hydrogen) atoms. The Morgan fingerprint density at radius 1 is 1.22 bits per heavy atom. The molecule has 0 saturated carbocycles. The lowest BCUT2D eigenvalue weighted by molar-refractivity contribution is 0.747. The molecule has 0 aromatic heterocycles. The van der Waals surface area contributed by atoms with Crippen molar-refractivity contribution in [1.29, 1.82) is 0 Å². The molecule has 0 spiro atoms. The number of halogens is 1. The van der Waals surface area contributed by atoms with Crippen molar-refractivity contribution in [3.8, 4) is 0 Å². The van der Waals surface area contributed by atoms with Crippen molar-refractivity contribution in [1.82, 2.24) is 0 Å². The van der Waals surface area contributed by atoms with E-state index in [9.17, 15) is 0 Å². The molecule has 0 bridgehead atoms. The van der Waals surface area contributed by atoms with Gasteiger partial charge in [0, 0.05) is 0 Å². The highest BCUT2D eigenvalue weighted by atomic mass is 79.9. The highest BCUT2D eigenvalue weighted by Crippen LogP contribution is 1.84. The SMILES string of the molecule is BrO[B]c1ccccc1. The number of hydrogen-bond acceptors (Lipinski definition) is 1. The zero-order valence-electron chi connectivity index (χ0n) is 4.75. The highest BCUT2D eigenvalue weighted by Gasteiger charge is 1.90. The molecule has 0 fully saturated rings. The van der Waals surface area contributed by atoms with Crippen molar-refractivity contribution < 1.29 is 3.75 Å². The van der Waals surface area contributed by atoms with E-state index in [0.717, 1.165) is 5.46 Å². The van der Waals surface area contributed by atoms with Crippen molar-refractivity contribution in [2.75, 3.05) is 0 Å². The summed E-state index contributed by atoms with van der Waals surface area (Å²) >= 11 is 2.83. The smallest absolute Gasteiger partial charge is 0.350 e. The average molecular weight is 184 g/mol. The minimum absolute atomic E-state index is 1.05. The van der Waals surface area contributed by atoms with E-state index in [1.54, 1.807) is 7.48 Å². The molecule has 0 unspecified atom stereocenters. The lowest BCUT2D eigenvalue weighted by Crippen LogP contribution is -2.12. The molecule has 1 nitrogen and oxygen atoms in total. The normalized spacial score (nSPS) is 9.00. The molecular weight excluding hydrogens is 179 g/mol. The van der Waals surface area contributed by atoms with E-state index in [-0.39, 0.29) is 0 Å². The van der Waals surface area contributed by atoms with Gasteiger partial charge in [-0.1, -0.05) is 35.8 Å². The molecule has 0 heterocycles. The molecule has 0 aliphatic rings. The Labute approximate surface area is 63.8 Å². The molecule has 45 valence electrons. The zero-order chi connectivity index (χ0) is 6.53. The van der Waals surface area contributed by atoms with E-state index < -0.39 is 0 Å². The minimum atomic E-state index is 1.05. The second-order valence-electron chi connectivity index (χ2n) is 1.62. The zero-order valence-corrected chi connectivity index (χ0v) is 6.34. The molecule has 0 aliphatic carbocycles. The first-order valence-electron chi connectivity index (χ1n) is 2.59. The fraction of sp³-hybridized carbons (Fsp3) is 0. The Bertz CT molecular complexity index is 166. The van der Waals surface area contributed by atoms with Crippen LogP contribution in [-0.2, 0) is 3.75 Å². The second kappa shape index (κ2) is 3.69. The summed E-state index contributed by atoms with van der Waals surface area (Å²) in [5.74, 6) is 0. The van der Waals surface area contributed by atoms with E-state index in [1.807, 2.05) is 30.3 Å². The average Bonchev–Trinajstić information content (AvgIpc) is 1.91. The summed E-state index contributed by atoms with van der Waals surface area (Å²) in [4.78, 5) is 0. The van der Waals surface area contributed by atoms with Gasteiger partial charge >= 0.3 is 7.48 Å². The van der Waals surface area contributed by atoms with Crippen LogP contribution < -0.4 is 5.46 Å². The molecule has 0 amide bonds. The van der Waals surface area contributed by atoms with Crippen LogP contribution in [0.1, 0.15) is 0 Å². The molecule has 0 saturated heterocycles. The number of benzene rings is 1. The fourth-order valence-corrected chi connectivity index (χ4v) is 0.799. The first kappa shape index (κ1) is 6.84. The van der Waals surface area contributed by atoms with Gasteiger partial charge in [0.1, 0.15) is 0 Å². The number of hydrogen-bond donors (Lipinski definition) is 0. The molecule has 0 atom stereocenters. The summed E-state index contributed by atoms with van der Waals surface area (Å²) < 4.78 is 4.62. The van der Waals surface area contributed by atoms with E-state index >= 15 is 0 Å². The van der Waals surface area contributed by atoms with Crippen LogP contribution in [0.5, 0.6) is 0 Å². The molecule has 1 rings (SSSR count). The van der Waals surface area contributed by atoms with Crippen LogP contribution in [0.2, 0.25) is 0 Å². The second-order valence-corrected chi connectivity index (χ2v) is 1.99. The van der Waals surface area contributed by atoms with Crippen LogP contribution in [-0.4, -0.2) is 7.48 Å². The predicted octanol–water partition coefficient (Wildman–Crippen LogP) is 1.26. The Morgan fingerprint density at radius 2 is 1.89 bits per heavy atom. The molecule has 1 aromatic carbocycles. The van der Waals surface area contributed by atoms with Crippen LogP contribution in [0.3, 0.4) is 0 Å². The molecule has 1 radical (unpaired) electrons. The van der Waals surface area contributed by atoms with Crippen molar-refractivity contribution >= 4 is 29.2 Å². The van der Waals surface area contributed by atoms with Crippen LogP contribution in [0.25, 0.3) is 0 Å². The van der Waals surface area contributed by atoms with Crippen molar-refractivity contribution in [3.05, 3.63) is 30.3 Å². The van der Waals surface area contributed by atoms with Gasteiger partial charge in [0.2, 0.25) is 0 Å². The largest absolute Gasteiger partial charge is 0.370 e. The lowest BCUT2D eigenvalue weighted by Gasteiger charge is -1.90. The first-order valence-corrected chi connectivity index (χ1v) is 3.24. The third-order valence-electron chi connectivity index (χ3n) is 0.980. The monoisotopic (exact) mass is 183 g/mol. The van der Waals surface area contributed by atoms with Crippen LogP contribution in [0.4, 0.5) is 0 Å². The van der Waals surface area contributed by atoms with Crippen molar-refractivity contribution in [2.45, 2.75) is 0 Å². The quantitative estimate of drug-likeness (QED) is 0.628. The maximum Gasteiger partial charge on any atom is 0.350 e. The minimum Gasteiger partial charge on any atom is -0.370 e. The summed E-state index contributed by atoms with van der Waals surface area (Å²) in [7, 11) is 1.62. The summed E-state index contributed by atoms with van der Waals surface area (Å²) in [6.45, 7) is 0. The highest BCUT2D eigenvalue weighted by molar-refractivity contribution is 9.06. The number of rotatable bonds is 2. The van der Waals surface area contributed by atoms with Crippen LogP contribution in [0.15, 0.2) is 30.3 Å². The molecule has 0 N–H and O–H groups in total. The Kier molecular flexibility index (Phi) is 2.81. The third kappa shape index (κ3) is 2.20. The molecule has 0 aliphatic heterocycles. The van der Waals surface area contributed by atoms with Gasteiger partial charge in [-0.05, 0) is 0 Å². The van der Waals surface area contributed by atoms with E-state index in [1.165, 1.54) is 0 Å². The van der Waals surface area contributed by atoms with Crippen molar-refractivity contribution in [2.24, 2.45) is 0 Å². The Balaban J connectivity index is 2.61. The third-order valence-corrected chi connectivity index (χ3v) is 1.17. The van der Waals surface area contributed by atoms with Gasteiger partial charge in [-0.25, -0.2) is 0 Å². The van der Waals surface area contributed by atoms with Gasteiger partial charge in [-0.2, -0.15) is 0 Å². The van der Waals surface area contributed by atoms with Crippen molar-refractivity contribution in [3.63, 3.8) is 0 Å². The van der Waals surface area contributed by atoms with Gasteiger partial charge in [0.25, 0.3) is 0 Å². The Morgan fingerprint density at radius 3 is 2.44 bits per heavy atom. The van der Waals surface area contributed by atoms with Gasteiger partial charge in [0.15, 0.2) is 0 Å². The van der Waals surface area contributed by atoms with E-state index in [2.05, 4.69) is 20.0 Å². The molecule has 3 heteroatoms. The molecule has 1 aromatic rings. The van der Waals surface area contributed by atoms with Gasteiger partial charge in [-0.3, -0.25) is 0 Å². The predicted molar refractivity (Wildman–Crippen MR) is 41.8 cm³/mol. The maximum atomic E-state index is 4.62.